The molecular formula is C25H23FN2O2. The highest BCUT2D eigenvalue weighted by atomic mass is 19.1. The molecule has 0 aromatic heterocycles. The number of fused-ring (bicyclic) bond motifs is 1. The van der Waals surface area contributed by atoms with Crippen LogP contribution in [0.3, 0.4) is 0 Å². The lowest BCUT2D eigenvalue weighted by Crippen LogP contribution is -2.34. The van der Waals surface area contributed by atoms with Gasteiger partial charge in [0.05, 0.1) is 6.04 Å². The zero-order chi connectivity index (χ0) is 20.7. The molecule has 2 N–H and O–H groups in total. The van der Waals surface area contributed by atoms with Crippen LogP contribution in [0.15, 0.2) is 72.8 Å². The Balaban J connectivity index is 1.43. The van der Waals surface area contributed by atoms with Gasteiger partial charge in [-0.15, -0.1) is 0 Å². The van der Waals surface area contributed by atoms with Gasteiger partial charge in [0.1, 0.15) is 11.6 Å². The molecule has 1 amide bonds. The second-order valence-corrected chi connectivity index (χ2v) is 8.16. The van der Waals surface area contributed by atoms with Gasteiger partial charge in [-0.1, -0.05) is 36.4 Å². The smallest absolute Gasteiger partial charge is 0.254 e. The number of carbonyl (C=O) groups is 1. The number of aromatic hydroxyl groups is 1. The Morgan fingerprint density at radius 2 is 1.67 bits per heavy atom. The molecule has 2 saturated heterocycles. The molecular weight excluding hydrogens is 379 g/mol. The van der Waals surface area contributed by atoms with E-state index < -0.39 is 0 Å². The third-order valence-electron chi connectivity index (χ3n) is 6.35. The monoisotopic (exact) mass is 402 g/mol. The van der Waals surface area contributed by atoms with Crippen LogP contribution in [0, 0.1) is 17.7 Å². The van der Waals surface area contributed by atoms with Gasteiger partial charge >= 0.3 is 0 Å². The summed E-state index contributed by atoms with van der Waals surface area (Å²) in [6.45, 7) is 2.41. The quantitative estimate of drug-likeness (QED) is 0.689. The van der Waals surface area contributed by atoms with E-state index in [0.29, 0.717) is 23.9 Å². The molecule has 2 fully saturated rings. The molecule has 0 radical (unpaired) electrons. The first kappa shape index (κ1) is 18.8. The number of benzene rings is 3. The first-order valence-corrected chi connectivity index (χ1v) is 10.3. The van der Waals surface area contributed by atoms with Gasteiger partial charge in [0.25, 0.3) is 5.91 Å². The SMILES string of the molecule is O=C(c1ccc(-c2ccc(O)cc2)cc1)N1C[C@@H]2CNC[C@@H]2[C@@H]1c1cccc(F)c1. The fourth-order valence-electron chi connectivity index (χ4n) is 4.87. The van der Waals surface area contributed by atoms with E-state index in [1.54, 1.807) is 24.3 Å². The lowest BCUT2D eigenvalue weighted by molar-refractivity contribution is 0.0714. The van der Waals surface area contributed by atoms with Gasteiger partial charge in [-0.2, -0.15) is 0 Å². The second-order valence-electron chi connectivity index (χ2n) is 8.16. The molecule has 3 aromatic carbocycles. The fraction of sp³-hybridized carbons (Fsp3) is 0.240. The van der Waals surface area contributed by atoms with E-state index >= 15 is 0 Å². The van der Waals surface area contributed by atoms with Gasteiger partial charge in [-0.25, -0.2) is 4.39 Å². The Hall–Kier alpha value is -3.18. The Morgan fingerprint density at radius 1 is 0.967 bits per heavy atom. The van der Waals surface area contributed by atoms with E-state index in [-0.39, 0.29) is 23.5 Å². The topological polar surface area (TPSA) is 52.6 Å². The maximum absolute atomic E-state index is 13.9. The van der Waals surface area contributed by atoms with Crippen molar-refractivity contribution in [3.05, 3.63) is 89.7 Å². The molecule has 0 aliphatic carbocycles. The molecule has 0 spiro atoms. The minimum atomic E-state index is -0.271. The van der Waals surface area contributed by atoms with Crippen molar-refractivity contribution in [3.8, 4) is 16.9 Å². The first-order valence-electron chi connectivity index (χ1n) is 10.3. The van der Waals surface area contributed by atoms with E-state index in [0.717, 1.165) is 29.8 Å². The average molecular weight is 402 g/mol. The molecule has 3 aromatic rings. The number of likely N-dealkylation sites (tertiary alicyclic amines) is 1. The van der Waals surface area contributed by atoms with Crippen molar-refractivity contribution in [1.29, 1.82) is 0 Å². The van der Waals surface area contributed by atoms with Crippen molar-refractivity contribution in [1.82, 2.24) is 10.2 Å². The number of halogens is 1. The van der Waals surface area contributed by atoms with Crippen LogP contribution in [0.5, 0.6) is 5.75 Å². The van der Waals surface area contributed by atoms with Gasteiger partial charge in [-0.05, 0) is 59.0 Å². The highest BCUT2D eigenvalue weighted by Crippen LogP contribution is 2.43. The Kier molecular flexibility index (Phi) is 4.75. The summed E-state index contributed by atoms with van der Waals surface area (Å²) in [6, 6.07) is 21.1. The highest BCUT2D eigenvalue weighted by Gasteiger charge is 2.46. The molecule has 2 aliphatic rings. The summed E-state index contributed by atoms with van der Waals surface area (Å²) < 4.78 is 13.9. The normalized spacial score (nSPS) is 22.8. The van der Waals surface area contributed by atoms with Crippen LogP contribution >= 0.6 is 0 Å². The Labute approximate surface area is 175 Å². The zero-order valence-corrected chi connectivity index (χ0v) is 16.5. The molecule has 5 heteroatoms. The van der Waals surface area contributed by atoms with E-state index in [4.69, 9.17) is 0 Å². The van der Waals surface area contributed by atoms with Crippen molar-refractivity contribution in [2.75, 3.05) is 19.6 Å². The van der Waals surface area contributed by atoms with Gasteiger partial charge in [-0.3, -0.25) is 4.79 Å². The van der Waals surface area contributed by atoms with Gasteiger partial charge in [0, 0.05) is 31.1 Å². The average Bonchev–Trinajstić information content (AvgIpc) is 3.35. The number of hydrogen-bond acceptors (Lipinski definition) is 3. The lowest BCUT2D eigenvalue weighted by Gasteiger charge is -2.28. The summed E-state index contributed by atoms with van der Waals surface area (Å²) in [4.78, 5) is 15.3. The molecule has 0 saturated carbocycles. The van der Waals surface area contributed by atoms with Crippen molar-refractivity contribution in [2.24, 2.45) is 11.8 Å². The summed E-state index contributed by atoms with van der Waals surface area (Å²) >= 11 is 0. The van der Waals surface area contributed by atoms with E-state index in [2.05, 4.69) is 5.32 Å². The number of rotatable bonds is 3. The molecule has 5 rings (SSSR count). The number of carbonyl (C=O) groups excluding carboxylic acids is 1. The number of amides is 1. The minimum absolute atomic E-state index is 0.0177. The predicted octanol–water partition coefficient (Wildman–Crippen LogP) is 4.23. The van der Waals surface area contributed by atoms with Crippen molar-refractivity contribution in [3.63, 3.8) is 0 Å². The van der Waals surface area contributed by atoms with Crippen LogP contribution in [0.25, 0.3) is 11.1 Å². The molecule has 30 heavy (non-hydrogen) atoms. The van der Waals surface area contributed by atoms with Crippen LogP contribution in [0.1, 0.15) is 22.0 Å². The Bertz CT molecular complexity index is 1070. The van der Waals surface area contributed by atoms with E-state index in [9.17, 15) is 14.3 Å². The second kappa shape index (κ2) is 7.58. The van der Waals surface area contributed by atoms with Crippen molar-refractivity contribution < 1.29 is 14.3 Å². The third-order valence-corrected chi connectivity index (χ3v) is 6.35. The first-order chi connectivity index (χ1) is 14.6. The van der Waals surface area contributed by atoms with Crippen LogP contribution in [0.2, 0.25) is 0 Å². The molecule has 3 atom stereocenters. The Morgan fingerprint density at radius 3 is 2.37 bits per heavy atom. The molecule has 0 bridgehead atoms. The van der Waals surface area contributed by atoms with E-state index in [1.807, 2.05) is 47.4 Å². The summed E-state index contributed by atoms with van der Waals surface area (Å²) in [5.41, 5.74) is 3.45. The number of hydrogen-bond donors (Lipinski definition) is 2. The number of nitrogens with one attached hydrogen (secondary N) is 1. The van der Waals surface area contributed by atoms with Crippen LogP contribution in [-0.4, -0.2) is 35.5 Å². The molecule has 0 unspecified atom stereocenters. The molecule has 2 heterocycles. The standard InChI is InChI=1S/C25H23FN2O2/c26-21-3-1-2-19(12-21)24-23-14-27-13-20(23)15-28(24)25(30)18-6-4-16(5-7-18)17-8-10-22(29)11-9-17/h1-12,20,23-24,27,29H,13-15H2/t20-,23-,24-/m0/s1. The van der Waals surface area contributed by atoms with E-state index in [1.165, 1.54) is 6.07 Å². The summed E-state index contributed by atoms with van der Waals surface area (Å²) in [6.07, 6.45) is 0. The maximum atomic E-state index is 13.9. The van der Waals surface area contributed by atoms with Crippen LogP contribution in [-0.2, 0) is 0 Å². The van der Waals surface area contributed by atoms with Gasteiger partial charge < -0.3 is 15.3 Å². The zero-order valence-electron chi connectivity index (χ0n) is 16.5. The third kappa shape index (κ3) is 3.35. The van der Waals surface area contributed by atoms with Crippen molar-refractivity contribution >= 4 is 5.91 Å². The minimum Gasteiger partial charge on any atom is -0.508 e. The maximum Gasteiger partial charge on any atom is 0.254 e. The summed E-state index contributed by atoms with van der Waals surface area (Å²) in [5.74, 6) is 0.622. The van der Waals surface area contributed by atoms with Gasteiger partial charge in [0.2, 0.25) is 0 Å². The number of nitrogens with zero attached hydrogens (tertiary/aromatic N) is 1. The number of phenols is 1. The van der Waals surface area contributed by atoms with Crippen LogP contribution < -0.4 is 5.32 Å². The molecule has 152 valence electrons. The summed E-state index contributed by atoms with van der Waals surface area (Å²) in [7, 11) is 0. The fourth-order valence-corrected chi connectivity index (χ4v) is 4.87. The van der Waals surface area contributed by atoms with Crippen LogP contribution in [0.4, 0.5) is 4.39 Å². The van der Waals surface area contributed by atoms with Crippen molar-refractivity contribution in [2.45, 2.75) is 6.04 Å². The highest BCUT2D eigenvalue weighted by molar-refractivity contribution is 5.95. The largest absolute Gasteiger partial charge is 0.508 e. The number of phenolic OH excluding ortho intramolecular Hbond substituents is 1. The van der Waals surface area contributed by atoms with Gasteiger partial charge in [0.15, 0.2) is 0 Å². The predicted molar refractivity (Wildman–Crippen MR) is 114 cm³/mol. The molecule has 2 aliphatic heterocycles. The molecule has 4 nitrogen and oxygen atoms in total. The lowest BCUT2D eigenvalue weighted by atomic mass is 9.89. The summed E-state index contributed by atoms with van der Waals surface area (Å²) in [5, 5.41) is 12.9.